The first-order valence-electron chi connectivity index (χ1n) is 5.45. The average molecular weight is 266 g/mol. The molecule has 0 saturated heterocycles. The fourth-order valence-electron chi connectivity index (χ4n) is 1.68. The van der Waals surface area contributed by atoms with E-state index in [9.17, 15) is 13.6 Å². The Morgan fingerprint density at radius 3 is 2.68 bits per heavy atom. The molecule has 0 radical (unpaired) electrons. The van der Waals surface area contributed by atoms with Crippen LogP contribution >= 0.6 is 0 Å². The van der Waals surface area contributed by atoms with Gasteiger partial charge < -0.3 is 11.1 Å². The van der Waals surface area contributed by atoms with Crippen LogP contribution < -0.4 is 11.1 Å². The second-order valence-corrected chi connectivity index (χ2v) is 4.08. The number of amides is 1. The molecule has 0 saturated carbocycles. The third-order valence-electron chi connectivity index (χ3n) is 2.70. The van der Waals surface area contributed by atoms with Gasteiger partial charge in [0.05, 0.1) is 11.9 Å². The number of rotatable bonds is 2. The lowest BCUT2D eigenvalue weighted by atomic mass is 10.2. The van der Waals surface area contributed by atoms with Crippen molar-refractivity contribution in [2.45, 2.75) is 6.92 Å². The van der Waals surface area contributed by atoms with E-state index in [0.29, 0.717) is 0 Å². The number of aromatic nitrogens is 2. The number of carbonyl (C=O) groups excluding carboxylic acids is 1. The maximum Gasteiger partial charge on any atom is 0.276 e. The number of nitrogen functional groups attached to an aromatic ring is 1. The molecule has 0 unspecified atom stereocenters. The molecule has 0 spiro atoms. The summed E-state index contributed by atoms with van der Waals surface area (Å²) in [6.07, 6.45) is 1.29. The first-order chi connectivity index (χ1) is 8.91. The normalized spacial score (nSPS) is 10.5. The van der Waals surface area contributed by atoms with Crippen molar-refractivity contribution in [1.82, 2.24) is 9.78 Å². The van der Waals surface area contributed by atoms with Gasteiger partial charge in [0, 0.05) is 7.05 Å². The monoisotopic (exact) mass is 266 g/mol. The largest absolute Gasteiger partial charge is 0.396 e. The van der Waals surface area contributed by atoms with E-state index in [-0.39, 0.29) is 16.9 Å². The highest BCUT2D eigenvalue weighted by Crippen LogP contribution is 2.23. The van der Waals surface area contributed by atoms with E-state index >= 15 is 0 Å². The van der Waals surface area contributed by atoms with Crippen molar-refractivity contribution >= 4 is 17.3 Å². The molecule has 2 rings (SSSR count). The summed E-state index contributed by atoms with van der Waals surface area (Å²) in [5.41, 5.74) is 5.48. The van der Waals surface area contributed by atoms with E-state index in [1.54, 1.807) is 0 Å². The lowest BCUT2D eigenvalue weighted by Gasteiger charge is -2.09. The Morgan fingerprint density at radius 2 is 2.11 bits per heavy atom. The van der Waals surface area contributed by atoms with E-state index in [4.69, 9.17) is 5.73 Å². The lowest BCUT2D eigenvalue weighted by Crippen LogP contribution is -2.19. The van der Waals surface area contributed by atoms with E-state index in [1.807, 2.05) is 0 Å². The molecule has 7 heteroatoms. The van der Waals surface area contributed by atoms with Crippen LogP contribution in [-0.4, -0.2) is 15.7 Å². The first-order valence-corrected chi connectivity index (χ1v) is 5.45. The maximum absolute atomic E-state index is 13.8. The van der Waals surface area contributed by atoms with E-state index in [0.717, 1.165) is 6.07 Å². The van der Waals surface area contributed by atoms with Crippen molar-refractivity contribution in [2.24, 2.45) is 7.05 Å². The predicted octanol–water partition coefficient (Wildman–Crippen LogP) is 1.84. The molecular weight excluding hydrogens is 254 g/mol. The maximum atomic E-state index is 13.8. The van der Waals surface area contributed by atoms with Gasteiger partial charge in [-0.25, -0.2) is 8.78 Å². The Morgan fingerprint density at radius 1 is 1.42 bits per heavy atom. The topological polar surface area (TPSA) is 72.9 Å². The number of aryl methyl sites for hydroxylation is 2. The molecule has 0 aliphatic carbocycles. The summed E-state index contributed by atoms with van der Waals surface area (Å²) in [6.45, 7) is 1.48. The van der Waals surface area contributed by atoms with Crippen molar-refractivity contribution in [3.8, 4) is 0 Å². The van der Waals surface area contributed by atoms with E-state index in [2.05, 4.69) is 10.4 Å². The molecule has 1 aromatic heterocycles. The molecule has 100 valence electrons. The van der Waals surface area contributed by atoms with Crippen LogP contribution in [0.1, 0.15) is 16.1 Å². The Labute approximate surface area is 108 Å². The minimum absolute atomic E-state index is 0.0420. The SMILES string of the molecule is Cc1ccc(F)c(NC(=O)c2c(N)cnn2C)c1F. The summed E-state index contributed by atoms with van der Waals surface area (Å²) in [5, 5.41) is 5.96. The molecule has 19 heavy (non-hydrogen) atoms. The Kier molecular flexibility index (Phi) is 3.20. The van der Waals surface area contributed by atoms with Crippen LogP contribution in [0, 0.1) is 18.6 Å². The van der Waals surface area contributed by atoms with Gasteiger partial charge >= 0.3 is 0 Å². The van der Waals surface area contributed by atoms with Gasteiger partial charge in [-0.3, -0.25) is 9.48 Å². The summed E-state index contributed by atoms with van der Waals surface area (Å²) in [7, 11) is 1.51. The Bertz CT molecular complexity index is 632. The van der Waals surface area contributed by atoms with Crippen LogP contribution in [0.5, 0.6) is 0 Å². The fourth-order valence-corrected chi connectivity index (χ4v) is 1.68. The minimum Gasteiger partial charge on any atom is -0.396 e. The number of halogens is 2. The highest BCUT2D eigenvalue weighted by Gasteiger charge is 2.19. The average Bonchev–Trinajstić information content (AvgIpc) is 2.69. The zero-order chi connectivity index (χ0) is 14.2. The molecule has 0 atom stereocenters. The Balaban J connectivity index is 2.38. The smallest absolute Gasteiger partial charge is 0.276 e. The number of benzene rings is 1. The molecule has 1 aromatic carbocycles. The van der Waals surface area contributed by atoms with Crippen LogP contribution in [0.3, 0.4) is 0 Å². The molecule has 1 amide bonds. The van der Waals surface area contributed by atoms with Gasteiger partial charge in [0.15, 0.2) is 5.82 Å². The second kappa shape index (κ2) is 4.68. The molecule has 3 N–H and O–H groups in total. The summed E-state index contributed by atoms with van der Waals surface area (Å²) < 4.78 is 28.5. The van der Waals surface area contributed by atoms with Gasteiger partial charge in [-0.05, 0) is 18.6 Å². The molecule has 0 aliphatic heterocycles. The van der Waals surface area contributed by atoms with Crippen LogP contribution in [0.25, 0.3) is 0 Å². The van der Waals surface area contributed by atoms with Gasteiger partial charge in [0.25, 0.3) is 5.91 Å². The highest BCUT2D eigenvalue weighted by atomic mass is 19.1. The van der Waals surface area contributed by atoms with Crippen LogP contribution in [0.2, 0.25) is 0 Å². The van der Waals surface area contributed by atoms with Gasteiger partial charge in [-0.2, -0.15) is 5.10 Å². The van der Waals surface area contributed by atoms with E-state index in [1.165, 1.54) is 30.9 Å². The van der Waals surface area contributed by atoms with Crippen LogP contribution in [0.15, 0.2) is 18.3 Å². The zero-order valence-corrected chi connectivity index (χ0v) is 10.4. The van der Waals surface area contributed by atoms with Crippen molar-refractivity contribution in [1.29, 1.82) is 0 Å². The number of nitrogens with zero attached hydrogens (tertiary/aromatic N) is 2. The Hall–Kier alpha value is -2.44. The number of nitrogens with one attached hydrogen (secondary N) is 1. The number of nitrogens with two attached hydrogens (primary N) is 1. The molecule has 0 fully saturated rings. The molecule has 5 nitrogen and oxygen atoms in total. The molecule has 0 bridgehead atoms. The third-order valence-corrected chi connectivity index (χ3v) is 2.70. The lowest BCUT2D eigenvalue weighted by molar-refractivity contribution is 0.101. The van der Waals surface area contributed by atoms with Crippen molar-refractivity contribution in [3.63, 3.8) is 0 Å². The zero-order valence-electron chi connectivity index (χ0n) is 10.4. The second-order valence-electron chi connectivity index (χ2n) is 4.08. The number of hydrogen-bond donors (Lipinski definition) is 2. The van der Waals surface area contributed by atoms with Crippen molar-refractivity contribution < 1.29 is 13.6 Å². The fraction of sp³-hybridized carbons (Fsp3) is 0.167. The molecular formula is C12H12F2N4O. The predicted molar refractivity (Wildman–Crippen MR) is 66.7 cm³/mol. The third kappa shape index (κ3) is 2.26. The highest BCUT2D eigenvalue weighted by molar-refractivity contribution is 6.06. The molecule has 0 aliphatic rings. The van der Waals surface area contributed by atoms with Crippen molar-refractivity contribution in [2.75, 3.05) is 11.1 Å². The number of anilines is 2. The molecule has 2 aromatic rings. The summed E-state index contributed by atoms with van der Waals surface area (Å²) in [6, 6.07) is 2.37. The number of hydrogen-bond acceptors (Lipinski definition) is 3. The standard InChI is InChI=1S/C12H12F2N4O/c1-6-3-4-7(13)10(9(6)14)17-12(19)11-8(15)5-16-18(11)2/h3-5H,15H2,1-2H3,(H,17,19). The number of carbonyl (C=O) groups is 1. The quantitative estimate of drug-likeness (QED) is 0.871. The van der Waals surface area contributed by atoms with Crippen molar-refractivity contribution in [3.05, 3.63) is 41.2 Å². The summed E-state index contributed by atoms with van der Waals surface area (Å²) >= 11 is 0. The van der Waals surface area contributed by atoms with Gasteiger partial charge in [-0.15, -0.1) is 0 Å². The molecule has 1 heterocycles. The van der Waals surface area contributed by atoms with Gasteiger partial charge in [0.2, 0.25) is 0 Å². The van der Waals surface area contributed by atoms with Gasteiger partial charge in [0.1, 0.15) is 17.2 Å². The first kappa shape index (κ1) is 13.0. The summed E-state index contributed by atoms with van der Waals surface area (Å²) in [5.74, 6) is -2.38. The van der Waals surface area contributed by atoms with E-state index < -0.39 is 23.2 Å². The van der Waals surface area contributed by atoms with Crippen LogP contribution in [-0.2, 0) is 7.05 Å². The summed E-state index contributed by atoms with van der Waals surface area (Å²) in [4.78, 5) is 11.9. The van der Waals surface area contributed by atoms with Gasteiger partial charge in [-0.1, -0.05) is 6.07 Å². The van der Waals surface area contributed by atoms with Crippen LogP contribution in [0.4, 0.5) is 20.2 Å². The minimum atomic E-state index is -0.850.